The maximum absolute atomic E-state index is 11.2. The highest BCUT2D eigenvalue weighted by atomic mass is 31.3. The smallest absolute Gasteiger partial charge is 0.344 e. The van der Waals surface area contributed by atoms with E-state index < -0.39 is 40.4 Å². The second-order valence-corrected chi connectivity index (χ2v) is 11.5. The summed E-state index contributed by atoms with van der Waals surface area (Å²) in [6.07, 6.45) is 0. The molecule has 0 fully saturated rings. The van der Waals surface area contributed by atoms with Crippen molar-refractivity contribution >= 4 is 30.4 Å². The van der Waals surface area contributed by atoms with Crippen molar-refractivity contribution in [3.8, 4) is 0 Å². The fraction of sp³-hybridized carbons (Fsp3) is 1.00. The van der Waals surface area contributed by atoms with Crippen molar-refractivity contribution in [2.75, 3.05) is 0 Å². The lowest BCUT2D eigenvalue weighted by atomic mass is 10.6. The summed E-state index contributed by atoms with van der Waals surface area (Å²) in [7, 11) is -25.7. The first-order chi connectivity index (χ1) is 8.25. The van der Waals surface area contributed by atoms with Gasteiger partial charge in [-0.25, -0.2) is 0 Å². The molecule has 0 heterocycles. The van der Waals surface area contributed by atoms with Crippen LogP contribution in [0.15, 0.2) is 0 Å². The van der Waals surface area contributed by atoms with E-state index in [0.717, 1.165) is 0 Å². The van der Waals surface area contributed by atoms with Gasteiger partial charge >= 0.3 is 30.4 Å². The molecule has 0 aromatic heterocycles. The van der Waals surface area contributed by atoms with Crippen molar-refractivity contribution in [3.63, 3.8) is 0 Å². The third-order valence-electron chi connectivity index (χ3n) is 2.32. The minimum atomic E-state index is -6.42. The number of hydrogen-bond donors (Lipinski definition) is 18. The van der Waals surface area contributed by atoms with Gasteiger partial charge in [0.2, 0.25) is 0 Å². The van der Waals surface area contributed by atoms with E-state index in [1.807, 2.05) is 0 Å². The van der Waals surface area contributed by atoms with Crippen molar-refractivity contribution in [1.82, 2.24) is 49.2 Å². The minimum Gasteiger partial charge on any atom is -0.344 e. The maximum atomic E-state index is 11.2. The minimum absolute atomic E-state index is 0. The number of nitrogens with two attached hydrogens (primary N) is 2. The van der Waals surface area contributed by atoms with Crippen LogP contribution in [0.5, 0.6) is 0 Å². The highest BCUT2D eigenvalue weighted by Gasteiger charge is 2.81. The zero-order valence-electron chi connectivity index (χ0n) is 14.8. The highest BCUT2D eigenvalue weighted by molar-refractivity contribution is 7.80. The van der Waals surface area contributed by atoms with Gasteiger partial charge < -0.3 is 99.8 Å². The summed E-state index contributed by atoms with van der Waals surface area (Å²) in [6, 6.07) is 0. The van der Waals surface area contributed by atoms with Crippen LogP contribution in [0.3, 0.4) is 0 Å². The molecule has 0 saturated carbocycles. The van der Waals surface area contributed by atoms with Crippen LogP contribution < -0.4 is 60.7 Å². The Morgan fingerprint density at radius 3 is 0.500 bits per heavy atom. The molecule has 186 valence electrons. The predicted octanol–water partition coefficient (Wildman–Crippen LogP) is -1.78. The van der Waals surface area contributed by atoms with Crippen molar-refractivity contribution in [2.24, 2.45) is 11.5 Å². The third kappa shape index (κ3) is 8.14. The van der Waals surface area contributed by atoms with Crippen LogP contribution in [-0.4, -0.2) is 49.2 Å². The topological polar surface area (TPSA) is 562 Å². The van der Waals surface area contributed by atoms with Crippen LogP contribution in [0.1, 0.15) is 0 Å². The van der Waals surface area contributed by atoms with E-state index in [9.17, 15) is 18.3 Å². The van der Waals surface area contributed by atoms with E-state index in [1.165, 1.54) is 0 Å². The molecule has 0 rings (SSSR count). The summed E-state index contributed by atoms with van der Waals surface area (Å²) in [5, 5.41) is -9.43. The molecule has 0 aliphatic rings. The van der Waals surface area contributed by atoms with E-state index in [1.54, 1.807) is 0 Å². The summed E-state index contributed by atoms with van der Waals surface area (Å²) in [4.78, 5) is 70.9. The lowest BCUT2D eigenvalue weighted by Crippen LogP contribution is -2.64. The Kier molecular flexibility index (Phi) is 28.8. The van der Waals surface area contributed by atoms with E-state index in [2.05, 4.69) is 11.5 Å². The largest absolute Gasteiger partial charge is 0.361 e. The molecule has 0 aliphatic carbocycles. The summed E-state index contributed by atoms with van der Waals surface area (Å²) in [5.74, 6) is 0. The summed E-state index contributed by atoms with van der Waals surface area (Å²) in [6.45, 7) is 0. The molecular formula is C2H36N10O12P4. The summed E-state index contributed by atoms with van der Waals surface area (Å²) >= 11 is 0. The molecule has 0 aromatic rings. The zero-order valence-corrected chi connectivity index (χ0v) is 18.4. The molecule has 0 atom stereocenters. The molecule has 0 amide bonds. The normalized spacial score (nSPS) is 11.6. The molecule has 0 saturated heterocycles. The molecule has 0 aliphatic heterocycles. The molecule has 26 heteroatoms. The highest BCUT2D eigenvalue weighted by Crippen LogP contribution is 2.82. The van der Waals surface area contributed by atoms with Crippen molar-refractivity contribution in [3.05, 3.63) is 0 Å². The summed E-state index contributed by atoms with van der Waals surface area (Å²) in [5.41, 5.74) is 9.33. The standard InChI is InChI=1S/C2H12N2O12P4.8H3N/c3-1(17(5,6)7,18(8,9)10)2(4,19(11,12)13)20(14,15)16;;;;;;;;/h3-4H2,(H2,5,6,7)(H2,8,9,10)(H2,11,12,13)(H2,14,15,16);8*1H3. The third-order valence-corrected chi connectivity index (χ3v) is 11.1. The second-order valence-electron chi connectivity index (χ2n) is 3.63. The Balaban J connectivity index is -0.0000000645. The van der Waals surface area contributed by atoms with Gasteiger partial charge in [-0.3, -0.25) is 18.3 Å². The predicted molar refractivity (Wildman–Crippen MR) is 102 cm³/mol. The van der Waals surface area contributed by atoms with Gasteiger partial charge in [0.15, 0.2) is 0 Å². The van der Waals surface area contributed by atoms with Crippen molar-refractivity contribution in [2.45, 2.75) is 10.0 Å². The average Bonchev–Trinajstić information content (AvgIpc) is 2.07. The van der Waals surface area contributed by atoms with Crippen LogP contribution in [0, 0.1) is 0 Å². The molecule has 28 heavy (non-hydrogen) atoms. The molecule has 0 bridgehead atoms. The quantitative estimate of drug-likeness (QED) is 0.179. The molecule has 0 spiro atoms. The Bertz CT molecular complexity index is 493. The SMILES string of the molecule is N.N.N.N.N.N.N.N.NC(C(N)(P(=O)(O)O)P(=O)(O)O)(P(=O)(O)O)P(=O)(O)O. The van der Waals surface area contributed by atoms with Crippen LogP contribution in [-0.2, 0) is 18.3 Å². The molecule has 0 radical (unpaired) electrons. The first-order valence-corrected chi connectivity index (χ1v) is 10.5. The van der Waals surface area contributed by atoms with Crippen LogP contribution in [0.4, 0.5) is 0 Å². The first-order valence-electron chi connectivity index (χ1n) is 4.05. The first kappa shape index (κ1) is 56.6. The van der Waals surface area contributed by atoms with Gasteiger partial charge in [-0.05, 0) is 0 Å². The summed E-state index contributed by atoms with van der Waals surface area (Å²) < 4.78 is 44.6. The maximum Gasteiger partial charge on any atom is 0.361 e. The Morgan fingerprint density at radius 1 is 0.393 bits per heavy atom. The fourth-order valence-electron chi connectivity index (χ4n) is 1.20. The molecule has 0 aromatic carbocycles. The molecular weight excluding hydrogens is 480 g/mol. The number of hydrogen-bond acceptors (Lipinski definition) is 14. The molecule has 22 nitrogen and oxygen atoms in total. The van der Waals surface area contributed by atoms with Crippen LogP contribution in [0.2, 0.25) is 0 Å². The Morgan fingerprint density at radius 2 is 0.464 bits per heavy atom. The van der Waals surface area contributed by atoms with E-state index in [0.29, 0.717) is 0 Å². The number of rotatable bonds is 5. The van der Waals surface area contributed by atoms with E-state index >= 15 is 0 Å². The zero-order chi connectivity index (χ0) is 17.0. The van der Waals surface area contributed by atoms with Gasteiger partial charge in [-0.15, -0.1) is 0 Å². The van der Waals surface area contributed by atoms with Gasteiger partial charge in [-0.2, -0.15) is 0 Å². The van der Waals surface area contributed by atoms with Gasteiger partial charge in [0.05, 0.1) is 0 Å². The fourth-order valence-corrected chi connectivity index (χ4v) is 8.75. The average molecular weight is 516 g/mol. The lowest BCUT2D eigenvalue weighted by molar-refractivity contribution is 0.251. The Hall–Kier alpha value is 0.200. The van der Waals surface area contributed by atoms with E-state index in [-0.39, 0.29) is 49.2 Å². The van der Waals surface area contributed by atoms with E-state index in [4.69, 9.17) is 39.1 Å². The van der Waals surface area contributed by atoms with Crippen molar-refractivity contribution in [1.29, 1.82) is 0 Å². The van der Waals surface area contributed by atoms with Crippen molar-refractivity contribution < 1.29 is 57.4 Å². The van der Waals surface area contributed by atoms with Gasteiger partial charge in [0.1, 0.15) is 0 Å². The van der Waals surface area contributed by atoms with Crippen LogP contribution in [0.25, 0.3) is 0 Å². The van der Waals surface area contributed by atoms with Crippen LogP contribution >= 0.6 is 30.4 Å². The van der Waals surface area contributed by atoms with Gasteiger partial charge in [-0.1, -0.05) is 0 Å². The second kappa shape index (κ2) is 14.2. The lowest BCUT2D eigenvalue weighted by Gasteiger charge is -2.44. The molecule has 36 N–H and O–H groups in total. The molecule has 0 unspecified atom stereocenters. The van der Waals surface area contributed by atoms with Gasteiger partial charge in [0, 0.05) is 0 Å². The van der Waals surface area contributed by atoms with Gasteiger partial charge in [0.25, 0.3) is 10.0 Å². The monoisotopic (exact) mass is 516 g/mol. The Labute approximate surface area is 159 Å².